The molecule has 1 amide bonds. The lowest BCUT2D eigenvalue weighted by Crippen LogP contribution is -2.50. The fraction of sp³-hybridized carbons (Fsp3) is 0.240. The van der Waals surface area contributed by atoms with Crippen LogP contribution in [0.5, 0.6) is 0 Å². The summed E-state index contributed by atoms with van der Waals surface area (Å²) in [5, 5.41) is 13.6. The Morgan fingerprint density at radius 3 is 2.38 bits per heavy atom. The Hall–Kier alpha value is -3.32. The van der Waals surface area contributed by atoms with Crippen LogP contribution in [-0.2, 0) is 5.54 Å². The molecule has 32 heavy (non-hydrogen) atoms. The molecule has 1 saturated carbocycles. The quantitative estimate of drug-likeness (QED) is 0.279. The van der Waals surface area contributed by atoms with Crippen LogP contribution >= 0.6 is 11.8 Å². The number of carbonyl (C=O) groups is 1. The van der Waals surface area contributed by atoms with Gasteiger partial charge in [0.2, 0.25) is 5.71 Å². The summed E-state index contributed by atoms with van der Waals surface area (Å²) < 4.78 is 6.32. The summed E-state index contributed by atoms with van der Waals surface area (Å²) in [4.78, 5) is 20.6. The zero-order valence-corrected chi connectivity index (χ0v) is 18.7. The second-order valence-corrected chi connectivity index (χ2v) is 8.86. The molecule has 6 nitrogen and oxygen atoms in total. The second kappa shape index (κ2) is 7.98. The fourth-order valence-corrected chi connectivity index (χ4v) is 4.88. The number of nitrogens with zero attached hydrogens (tertiary/aromatic N) is 2. The van der Waals surface area contributed by atoms with Crippen molar-refractivity contribution in [3.63, 3.8) is 0 Å². The summed E-state index contributed by atoms with van der Waals surface area (Å²) in [7, 11) is 0. The molecule has 2 heterocycles. The van der Waals surface area contributed by atoms with Crippen LogP contribution in [-0.4, -0.2) is 27.4 Å². The number of hydrogen-bond donors (Lipinski definition) is 2. The van der Waals surface area contributed by atoms with E-state index in [1.165, 1.54) is 11.8 Å². The number of thioether (sulfide) groups is 1. The van der Waals surface area contributed by atoms with Crippen molar-refractivity contribution in [3.8, 4) is 22.5 Å². The largest absolute Gasteiger partial charge is 0.465 e. The standard InChI is InChI=1S/C25H23N3O3S/c1-15-19-20(16-7-4-3-5-8-16)21(31-22(19)27-23(26-15)32-2)17-9-11-18(12-10-17)25(13-6-14-25)28-24(29)30/h3-5,7-12,28H,6,13-14H2,1-2H3,(H,29,30). The molecule has 0 unspecified atom stereocenters. The maximum absolute atomic E-state index is 11.3. The van der Waals surface area contributed by atoms with Gasteiger partial charge < -0.3 is 14.8 Å². The van der Waals surface area contributed by atoms with E-state index in [0.29, 0.717) is 10.9 Å². The van der Waals surface area contributed by atoms with Crippen LogP contribution in [0.2, 0.25) is 0 Å². The molecule has 2 aromatic carbocycles. The molecule has 1 fully saturated rings. The minimum Gasteiger partial charge on any atom is -0.465 e. The predicted molar refractivity (Wildman–Crippen MR) is 126 cm³/mol. The molecule has 0 aliphatic heterocycles. The summed E-state index contributed by atoms with van der Waals surface area (Å²) in [6.45, 7) is 1.98. The molecule has 162 valence electrons. The van der Waals surface area contributed by atoms with E-state index in [1.807, 2.05) is 55.6 Å². The molecule has 2 N–H and O–H groups in total. The fourth-order valence-electron chi connectivity index (χ4n) is 4.48. The van der Waals surface area contributed by atoms with Crippen LogP contribution in [0.4, 0.5) is 4.79 Å². The van der Waals surface area contributed by atoms with Crippen molar-refractivity contribution in [3.05, 3.63) is 65.9 Å². The third-order valence-corrected chi connectivity index (χ3v) is 6.76. The molecule has 0 spiro atoms. The lowest BCUT2D eigenvalue weighted by atomic mass is 9.72. The molecule has 0 saturated heterocycles. The van der Waals surface area contributed by atoms with Crippen LogP contribution in [0, 0.1) is 6.92 Å². The SMILES string of the molecule is CSc1nc(C)c2c(-c3ccccc3)c(-c3ccc(C4(NC(=O)O)CCC4)cc3)oc2n1. The van der Waals surface area contributed by atoms with E-state index in [-0.39, 0.29) is 0 Å². The van der Waals surface area contributed by atoms with Gasteiger partial charge in [0.25, 0.3) is 0 Å². The van der Waals surface area contributed by atoms with Gasteiger partial charge in [-0.2, -0.15) is 4.98 Å². The number of fused-ring (bicyclic) bond motifs is 1. The van der Waals surface area contributed by atoms with Crippen molar-refractivity contribution in [1.29, 1.82) is 0 Å². The molecule has 5 rings (SSSR count). The monoisotopic (exact) mass is 445 g/mol. The van der Waals surface area contributed by atoms with Crippen LogP contribution in [0.25, 0.3) is 33.6 Å². The lowest BCUT2D eigenvalue weighted by molar-refractivity contribution is 0.144. The van der Waals surface area contributed by atoms with Gasteiger partial charge >= 0.3 is 6.09 Å². The van der Waals surface area contributed by atoms with Gasteiger partial charge in [-0.25, -0.2) is 9.78 Å². The molecule has 1 aliphatic carbocycles. The summed E-state index contributed by atoms with van der Waals surface area (Å²) in [6, 6.07) is 18.1. The molecule has 0 atom stereocenters. The first-order valence-electron chi connectivity index (χ1n) is 10.5. The third kappa shape index (κ3) is 3.42. The van der Waals surface area contributed by atoms with Crippen LogP contribution in [0.3, 0.4) is 0 Å². The predicted octanol–water partition coefficient (Wildman–Crippen LogP) is 6.23. The molecular weight excluding hydrogens is 422 g/mol. The third-order valence-electron chi connectivity index (χ3n) is 6.21. The first kappa shape index (κ1) is 20.6. The number of aromatic nitrogens is 2. The number of hydrogen-bond acceptors (Lipinski definition) is 5. The van der Waals surface area contributed by atoms with Crippen molar-refractivity contribution < 1.29 is 14.3 Å². The number of benzene rings is 2. The Morgan fingerprint density at radius 2 is 1.78 bits per heavy atom. The van der Waals surface area contributed by atoms with E-state index in [4.69, 9.17) is 4.42 Å². The number of nitrogens with one attached hydrogen (secondary N) is 1. The summed E-state index contributed by atoms with van der Waals surface area (Å²) in [5.74, 6) is 0.738. The number of amides is 1. The van der Waals surface area contributed by atoms with E-state index < -0.39 is 11.6 Å². The second-order valence-electron chi connectivity index (χ2n) is 8.09. The Balaban J connectivity index is 1.65. The highest BCUT2D eigenvalue weighted by molar-refractivity contribution is 7.98. The number of carboxylic acid groups (broad SMARTS) is 1. The smallest absolute Gasteiger partial charge is 0.405 e. The molecule has 0 bridgehead atoms. The Morgan fingerprint density at radius 1 is 1.06 bits per heavy atom. The van der Waals surface area contributed by atoms with Crippen molar-refractivity contribution >= 4 is 29.0 Å². The Kier molecular flexibility index (Phi) is 5.13. The number of rotatable bonds is 5. The first-order chi connectivity index (χ1) is 15.5. The summed E-state index contributed by atoms with van der Waals surface area (Å²) in [5.41, 5.74) is 4.87. The van der Waals surface area contributed by atoms with Gasteiger partial charge in [0.1, 0.15) is 5.76 Å². The van der Waals surface area contributed by atoms with E-state index in [0.717, 1.165) is 58.4 Å². The van der Waals surface area contributed by atoms with Crippen LogP contribution < -0.4 is 5.32 Å². The molecule has 4 aromatic rings. The molecule has 2 aromatic heterocycles. The minimum absolute atomic E-state index is 0.490. The molecule has 0 radical (unpaired) electrons. The van der Waals surface area contributed by atoms with E-state index in [9.17, 15) is 9.90 Å². The lowest BCUT2D eigenvalue weighted by Gasteiger charge is -2.42. The molecular formula is C25H23N3O3S. The Bertz CT molecular complexity index is 1300. The number of furan rings is 1. The highest BCUT2D eigenvalue weighted by atomic mass is 32.2. The van der Waals surface area contributed by atoms with Crippen molar-refractivity contribution in [2.75, 3.05) is 6.26 Å². The maximum Gasteiger partial charge on any atom is 0.405 e. The average molecular weight is 446 g/mol. The first-order valence-corrected chi connectivity index (χ1v) is 11.8. The molecule has 1 aliphatic rings. The van der Waals surface area contributed by atoms with Crippen molar-refractivity contribution in [2.45, 2.75) is 36.9 Å². The van der Waals surface area contributed by atoms with E-state index in [2.05, 4.69) is 27.4 Å². The summed E-state index contributed by atoms with van der Waals surface area (Å²) >= 11 is 1.49. The van der Waals surface area contributed by atoms with Crippen LogP contribution in [0.15, 0.2) is 64.2 Å². The van der Waals surface area contributed by atoms with Gasteiger partial charge in [-0.1, -0.05) is 66.4 Å². The van der Waals surface area contributed by atoms with Gasteiger partial charge in [-0.05, 0) is 43.6 Å². The Labute approximate surface area is 190 Å². The van der Waals surface area contributed by atoms with E-state index >= 15 is 0 Å². The topological polar surface area (TPSA) is 88.2 Å². The van der Waals surface area contributed by atoms with Gasteiger partial charge in [0.15, 0.2) is 5.16 Å². The summed E-state index contributed by atoms with van der Waals surface area (Å²) in [6.07, 6.45) is 3.59. The van der Waals surface area contributed by atoms with Crippen molar-refractivity contribution in [2.24, 2.45) is 0 Å². The van der Waals surface area contributed by atoms with Gasteiger partial charge in [-0.15, -0.1) is 0 Å². The highest BCUT2D eigenvalue weighted by Gasteiger charge is 2.40. The zero-order valence-electron chi connectivity index (χ0n) is 17.9. The maximum atomic E-state index is 11.3. The zero-order chi connectivity index (χ0) is 22.3. The van der Waals surface area contributed by atoms with Crippen LogP contribution in [0.1, 0.15) is 30.5 Å². The van der Waals surface area contributed by atoms with E-state index in [1.54, 1.807) is 0 Å². The number of aryl methyl sites for hydroxylation is 1. The van der Waals surface area contributed by atoms with Gasteiger partial charge in [-0.3, -0.25) is 0 Å². The van der Waals surface area contributed by atoms with Crippen molar-refractivity contribution in [1.82, 2.24) is 15.3 Å². The van der Waals surface area contributed by atoms with Gasteiger partial charge in [0.05, 0.1) is 16.6 Å². The average Bonchev–Trinajstić information content (AvgIpc) is 3.17. The normalized spacial score (nSPS) is 14.8. The molecule has 7 heteroatoms. The van der Waals surface area contributed by atoms with Gasteiger partial charge in [0, 0.05) is 11.1 Å². The minimum atomic E-state index is -0.990. The highest BCUT2D eigenvalue weighted by Crippen LogP contribution is 2.44.